The summed E-state index contributed by atoms with van der Waals surface area (Å²) in [6.45, 7) is 2.10. The van der Waals surface area contributed by atoms with Crippen molar-refractivity contribution in [2.24, 2.45) is 11.8 Å². The monoisotopic (exact) mass is 322 g/mol. The van der Waals surface area contributed by atoms with Crippen LogP contribution in [0.25, 0.3) is 0 Å². The summed E-state index contributed by atoms with van der Waals surface area (Å²) in [5.74, 6) is 0.206. The zero-order valence-electron chi connectivity index (χ0n) is 13.6. The second-order valence-corrected chi connectivity index (χ2v) is 7.62. The summed E-state index contributed by atoms with van der Waals surface area (Å²) in [6, 6.07) is 3.94. The first kappa shape index (κ1) is 15.5. The first-order chi connectivity index (χ1) is 11.1. The van der Waals surface area contributed by atoms with Gasteiger partial charge in [0.15, 0.2) is 0 Å². The van der Waals surface area contributed by atoms with Crippen molar-refractivity contribution in [2.75, 3.05) is 0 Å². The van der Waals surface area contributed by atoms with Crippen LogP contribution in [0.3, 0.4) is 0 Å². The fourth-order valence-electron chi connectivity index (χ4n) is 4.94. The van der Waals surface area contributed by atoms with E-state index in [-0.39, 0.29) is 23.9 Å². The molecule has 1 aromatic rings. The van der Waals surface area contributed by atoms with Crippen LogP contribution in [-0.4, -0.2) is 17.8 Å². The summed E-state index contributed by atoms with van der Waals surface area (Å²) in [6.07, 6.45) is 7.23. The molecule has 4 bridgehead atoms. The minimum Gasteiger partial charge on any atom is -0.370 e. The van der Waals surface area contributed by atoms with Crippen LogP contribution in [0.1, 0.15) is 51.0 Å². The molecule has 5 rings (SSSR count). The lowest BCUT2D eigenvalue weighted by molar-refractivity contribution is -0.267. The van der Waals surface area contributed by atoms with E-state index >= 15 is 0 Å². The molecule has 0 spiro atoms. The van der Waals surface area contributed by atoms with Gasteiger partial charge in [-0.05, 0) is 56.6 Å². The van der Waals surface area contributed by atoms with E-state index < -0.39 is 11.6 Å². The van der Waals surface area contributed by atoms with Crippen molar-refractivity contribution in [2.45, 2.75) is 69.9 Å². The van der Waals surface area contributed by atoms with Crippen LogP contribution in [0, 0.1) is 23.5 Å². The summed E-state index contributed by atoms with van der Waals surface area (Å²) in [5.41, 5.74) is -0.286. The number of hydrogen-bond acceptors (Lipinski definition) is 2. The Balaban J connectivity index is 1.49. The molecule has 126 valence electrons. The van der Waals surface area contributed by atoms with Crippen LogP contribution in [-0.2, 0) is 16.1 Å². The van der Waals surface area contributed by atoms with E-state index in [0.717, 1.165) is 25.2 Å². The topological polar surface area (TPSA) is 18.5 Å². The van der Waals surface area contributed by atoms with E-state index in [2.05, 4.69) is 6.92 Å². The summed E-state index contributed by atoms with van der Waals surface area (Å²) in [5, 5.41) is 0. The third-order valence-electron chi connectivity index (χ3n) is 6.14. The van der Waals surface area contributed by atoms with Gasteiger partial charge in [0.05, 0.1) is 24.4 Å². The SMILES string of the molecule is C[C@@]12CC3CCCC[C@H](O1)[C@@H]3C[C@H]2OCc1c(F)cccc1F. The van der Waals surface area contributed by atoms with Gasteiger partial charge < -0.3 is 9.47 Å². The molecule has 2 aliphatic carbocycles. The van der Waals surface area contributed by atoms with Gasteiger partial charge in [-0.15, -0.1) is 0 Å². The Hall–Kier alpha value is -1.00. The van der Waals surface area contributed by atoms with E-state index in [1.165, 1.54) is 37.5 Å². The van der Waals surface area contributed by atoms with Crippen LogP contribution >= 0.6 is 0 Å². The number of hydrogen-bond donors (Lipinski definition) is 0. The van der Waals surface area contributed by atoms with Gasteiger partial charge in [0.2, 0.25) is 0 Å². The molecule has 0 radical (unpaired) electrons. The Bertz CT molecular complexity index is 552. The molecule has 23 heavy (non-hydrogen) atoms. The average Bonchev–Trinajstić information content (AvgIpc) is 2.64. The molecule has 0 N–H and O–H groups in total. The van der Waals surface area contributed by atoms with Crippen molar-refractivity contribution in [3.05, 3.63) is 35.4 Å². The molecule has 2 saturated heterocycles. The van der Waals surface area contributed by atoms with Gasteiger partial charge in [0, 0.05) is 5.56 Å². The highest BCUT2D eigenvalue weighted by atomic mass is 19.1. The van der Waals surface area contributed by atoms with Gasteiger partial charge in [0.1, 0.15) is 11.6 Å². The first-order valence-corrected chi connectivity index (χ1v) is 8.79. The highest BCUT2D eigenvalue weighted by Crippen LogP contribution is 2.53. The molecular weight excluding hydrogens is 298 g/mol. The van der Waals surface area contributed by atoms with E-state index in [1.54, 1.807) is 0 Å². The first-order valence-electron chi connectivity index (χ1n) is 8.79. The van der Waals surface area contributed by atoms with Gasteiger partial charge in [-0.2, -0.15) is 0 Å². The van der Waals surface area contributed by atoms with Crippen LogP contribution in [0.2, 0.25) is 0 Å². The number of rotatable bonds is 3. The Morgan fingerprint density at radius 3 is 2.70 bits per heavy atom. The Morgan fingerprint density at radius 1 is 1.22 bits per heavy atom. The maximum absolute atomic E-state index is 13.8. The Labute approximate surface area is 136 Å². The second kappa shape index (κ2) is 5.82. The number of benzene rings is 1. The number of ether oxygens (including phenoxy) is 2. The number of fused-ring (bicyclic) bond motifs is 1. The quantitative estimate of drug-likeness (QED) is 0.809. The normalized spacial score (nSPS) is 39.3. The smallest absolute Gasteiger partial charge is 0.131 e. The van der Waals surface area contributed by atoms with Crippen molar-refractivity contribution in [3.63, 3.8) is 0 Å². The molecule has 2 nitrogen and oxygen atoms in total. The fraction of sp³-hybridized carbons (Fsp3) is 0.684. The predicted molar refractivity (Wildman–Crippen MR) is 82.9 cm³/mol. The lowest BCUT2D eigenvalue weighted by atomic mass is 9.65. The van der Waals surface area contributed by atoms with Crippen molar-refractivity contribution in [1.82, 2.24) is 0 Å². The van der Waals surface area contributed by atoms with Gasteiger partial charge >= 0.3 is 0 Å². The second-order valence-electron chi connectivity index (χ2n) is 7.62. The molecule has 2 aliphatic heterocycles. The maximum Gasteiger partial charge on any atom is 0.131 e. The lowest BCUT2D eigenvalue weighted by Crippen LogP contribution is -2.60. The zero-order valence-corrected chi connectivity index (χ0v) is 13.6. The summed E-state index contributed by atoms with van der Waals surface area (Å²) < 4.78 is 39.9. The third kappa shape index (κ3) is 2.70. The summed E-state index contributed by atoms with van der Waals surface area (Å²) in [7, 11) is 0. The Morgan fingerprint density at radius 2 is 1.96 bits per heavy atom. The summed E-state index contributed by atoms with van der Waals surface area (Å²) >= 11 is 0. The van der Waals surface area contributed by atoms with Gasteiger partial charge in [-0.1, -0.05) is 18.9 Å². The van der Waals surface area contributed by atoms with Crippen LogP contribution in [0.5, 0.6) is 0 Å². The summed E-state index contributed by atoms with van der Waals surface area (Å²) in [4.78, 5) is 0. The Kier molecular flexibility index (Phi) is 3.93. The third-order valence-corrected chi connectivity index (χ3v) is 6.14. The molecule has 0 amide bonds. The zero-order chi connectivity index (χ0) is 16.0. The van der Waals surface area contributed by atoms with Gasteiger partial charge in [-0.3, -0.25) is 0 Å². The fourth-order valence-corrected chi connectivity index (χ4v) is 4.94. The molecule has 0 aromatic heterocycles. The van der Waals surface area contributed by atoms with Crippen LogP contribution < -0.4 is 0 Å². The highest BCUT2D eigenvalue weighted by Gasteiger charge is 2.55. The van der Waals surface area contributed by atoms with Crippen LogP contribution in [0.4, 0.5) is 8.78 Å². The van der Waals surface area contributed by atoms with Crippen molar-refractivity contribution in [3.8, 4) is 0 Å². The van der Waals surface area contributed by atoms with E-state index in [0.29, 0.717) is 12.0 Å². The van der Waals surface area contributed by atoms with E-state index in [1.807, 2.05) is 0 Å². The minimum absolute atomic E-state index is 0.0231. The van der Waals surface area contributed by atoms with Gasteiger partial charge in [-0.25, -0.2) is 8.78 Å². The largest absolute Gasteiger partial charge is 0.370 e. The molecule has 4 fully saturated rings. The standard InChI is InChI=1S/C19H24F2O2/c1-19-10-12-5-2-3-8-17(23-19)13(12)9-18(19)22-11-14-15(20)6-4-7-16(14)21/h4,6-7,12-13,17-18H,2-3,5,8-11H2,1H3/t12?,13-,17+,18-,19+/m1/s1. The molecule has 4 aliphatic rings. The van der Waals surface area contributed by atoms with Crippen molar-refractivity contribution >= 4 is 0 Å². The average molecular weight is 322 g/mol. The molecule has 2 heterocycles. The van der Waals surface area contributed by atoms with Crippen molar-refractivity contribution < 1.29 is 18.3 Å². The number of halogens is 2. The molecule has 1 unspecified atom stereocenters. The van der Waals surface area contributed by atoms with Crippen molar-refractivity contribution in [1.29, 1.82) is 0 Å². The molecule has 1 aromatic carbocycles. The lowest BCUT2D eigenvalue weighted by Gasteiger charge is -2.56. The van der Waals surface area contributed by atoms with E-state index in [9.17, 15) is 8.78 Å². The highest BCUT2D eigenvalue weighted by molar-refractivity contribution is 5.19. The van der Waals surface area contributed by atoms with Crippen LogP contribution in [0.15, 0.2) is 18.2 Å². The van der Waals surface area contributed by atoms with E-state index in [4.69, 9.17) is 9.47 Å². The molecule has 4 heteroatoms. The molecule has 5 atom stereocenters. The maximum atomic E-state index is 13.8. The predicted octanol–water partition coefficient (Wildman–Crippen LogP) is 4.61. The minimum atomic E-state index is -0.536. The molecule has 2 saturated carbocycles. The van der Waals surface area contributed by atoms with Gasteiger partial charge in [0.25, 0.3) is 0 Å². The molecular formula is C19H24F2O2.